The van der Waals surface area contributed by atoms with Crippen LogP contribution in [0.1, 0.15) is 16.3 Å². The summed E-state index contributed by atoms with van der Waals surface area (Å²) in [7, 11) is 1.61. The van der Waals surface area contributed by atoms with Crippen LogP contribution in [-0.2, 0) is 6.54 Å². The molecule has 0 aliphatic carbocycles. The van der Waals surface area contributed by atoms with Gasteiger partial charge in [0.25, 0.3) is 11.5 Å². The lowest BCUT2D eigenvalue weighted by Gasteiger charge is -2.14. The third-order valence-corrected chi connectivity index (χ3v) is 4.68. The molecule has 0 saturated heterocycles. The maximum Gasteiger partial charge on any atom is 0.276 e. The maximum absolute atomic E-state index is 12.6. The third-order valence-electron chi connectivity index (χ3n) is 3.77. The predicted octanol–water partition coefficient (Wildman–Crippen LogP) is 2.31. The Labute approximate surface area is 151 Å². The molecule has 4 aromatic heterocycles. The fourth-order valence-corrected chi connectivity index (χ4v) is 3.23. The number of amides is 1. The molecule has 1 amide bonds. The van der Waals surface area contributed by atoms with E-state index in [2.05, 4.69) is 20.1 Å². The molecular weight excluding hydrogens is 354 g/mol. The van der Waals surface area contributed by atoms with E-state index in [0.717, 1.165) is 5.56 Å². The van der Waals surface area contributed by atoms with Crippen LogP contribution in [0, 0.1) is 0 Å². The SMILES string of the molecule is CN(Cc1nc2ccsc2c(=O)[nH]1)C(=O)c1cc(-c2cccnc2)on1. The zero-order chi connectivity index (χ0) is 18.1. The lowest BCUT2D eigenvalue weighted by molar-refractivity contribution is 0.0771. The smallest absolute Gasteiger partial charge is 0.276 e. The summed E-state index contributed by atoms with van der Waals surface area (Å²) in [4.78, 5) is 37.1. The number of carbonyl (C=O) groups excluding carboxylic acids is 1. The molecule has 26 heavy (non-hydrogen) atoms. The second-order valence-corrected chi connectivity index (χ2v) is 6.54. The number of carbonyl (C=O) groups is 1. The van der Waals surface area contributed by atoms with Crippen molar-refractivity contribution in [2.45, 2.75) is 6.54 Å². The van der Waals surface area contributed by atoms with Crippen LogP contribution in [0.2, 0.25) is 0 Å². The molecular formula is C17H13N5O3S. The summed E-state index contributed by atoms with van der Waals surface area (Å²) in [6.45, 7) is 0.148. The molecule has 0 unspecified atom stereocenters. The first-order chi connectivity index (χ1) is 12.6. The highest BCUT2D eigenvalue weighted by molar-refractivity contribution is 7.17. The fraction of sp³-hybridized carbons (Fsp3) is 0.118. The Morgan fingerprint density at radius 3 is 3.08 bits per heavy atom. The van der Waals surface area contributed by atoms with Crippen molar-refractivity contribution in [1.82, 2.24) is 25.0 Å². The van der Waals surface area contributed by atoms with Crippen LogP contribution >= 0.6 is 11.3 Å². The van der Waals surface area contributed by atoms with Gasteiger partial charge in [-0.2, -0.15) is 0 Å². The predicted molar refractivity (Wildman–Crippen MR) is 95.8 cm³/mol. The summed E-state index contributed by atoms with van der Waals surface area (Å²) < 4.78 is 5.80. The van der Waals surface area contributed by atoms with Crippen molar-refractivity contribution in [3.05, 3.63) is 63.9 Å². The van der Waals surface area contributed by atoms with Crippen molar-refractivity contribution >= 4 is 27.5 Å². The number of nitrogens with one attached hydrogen (secondary N) is 1. The van der Waals surface area contributed by atoms with Gasteiger partial charge in [-0.3, -0.25) is 14.6 Å². The van der Waals surface area contributed by atoms with Gasteiger partial charge in [-0.1, -0.05) is 5.16 Å². The Hall–Kier alpha value is -3.33. The van der Waals surface area contributed by atoms with E-state index < -0.39 is 0 Å². The Kier molecular flexibility index (Phi) is 4.05. The lowest BCUT2D eigenvalue weighted by Crippen LogP contribution is -2.28. The zero-order valence-electron chi connectivity index (χ0n) is 13.7. The van der Waals surface area contributed by atoms with E-state index >= 15 is 0 Å². The van der Waals surface area contributed by atoms with E-state index in [1.54, 1.807) is 43.0 Å². The van der Waals surface area contributed by atoms with Crippen LogP contribution in [-0.4, -0.2) is 38.0 Å². The Morgan fingerprint density at radius 1 is 1.38 bits per heavy atom. The quantitative estimate of drug-likeness (QED) is 0.593. The number of fused-ring (bicyclic) bond motifs is 1. The molecule has 4 rings (SSSR count). The molecule has 0 radical (unpaired) electrons. The topological polar surface area (TPSA) is 105 Å². The molecule has 9 heteroatoms. The van der Waals surface area contributed by atoms with Gasteiger partial charge in [0.05, 0.1) is 12.1 Å². The van der Waals surface area contributed by atoms with Gasteiger partial charge < -0.3 is 14.4 Å². The number of aromatic amines is 1. The van der Waals surface area contributed by atoms with Crippen molar-refractivity contribution in [1.29, 1.82) is 0 Å². The molecule has 8 nitrogen and oxygen atoms in total. The van der Waals surface area contributed by atoms with Crippen molar-refractivity contribution in [2.24, 2.45) is 0 Å². The molecule has 130 valence electrons. The number of hydrogen-bond acceptors (Lipinski definition) is 7. The molecule has 0 aromatic carbocycles. The minimum Gasteiger partial charge on any atom is -0.355 e. The van der Waals surface area contributed by atoms with Crippen LogP contribution in [0.3, 0.4) is 0 Å². The minimum absolute atomic E-state index is 0.148. The number of hydrogen-bond donors (Lipinski definition) is 1. The second kappa shape index (κ2) is 6.52. The van der Waals surface area contributed by atoms with Gasteiger partial charge in [-0.15, -0.1) is 11.3 Å². The standard InChI is InChI=1S/C17H13N5O3S/c1-22(9-14-19-11-4-6-26-15(11)16(23)20-14)17(24)12-7-13(25-21-12)10-3-2-5-18-8-10/h2-8H,9H2,1H3,(H,19,20,23). The second-order valence-electron chi connectivity index (χ2n) is 5.63. The minimum atomic E-state index is -0.336. The zero-order valence-corrected chi connectivity index (χ0v) is 14.5. The monoisotopic (exact) mass is 367 g/mol. The van der Waals surface area contributed by atoms with E-state index in [-0.39, 0.29) is 23.7 Å². The summed E-state index contributed by atoms with van der Waals surface area (Å²) in [5.41, 5.74) is 1.32. The van der Waals surface area contributed by atoms with Gasteiger partial charge in [0.2, 0.25) is 0 Å². The third kappa shape index (κ3) is 3.00. The molecule has 0 saturated carbocycles. The molecule has 0 spiro atoms. The van der Waals surface area contributed by atoms with Crippen LogP contribution in [0.5, 0.6) is 0 Å². The first-order valence-electron chi connectivity index (χ1n) is 7.71. The van der Waals surface area contributed by atoms with Crippen molar-refractivity contribution in [3.63, 3.8) is 0 Å². The molecule has 0 aliphatic heterocycles. The Bertz CT molecular complexity index is 1130. The van der Waals surface area contributed by atoms with E-state index in [1.807, 2.05) is 6.07 Å². The molecule has 4 heterocycles. The number of thiophene rings is 1. The number of aromatic nitrogens is 4. The highest BCUT2D eigenvalue weighted by Gasteiger charge is 2.19. The summed E-state index contributed by atoms with van der Waals surface area (Å²) in [6, 6.07) is 6.93. The van der Waals surface area contributed by atoms with Gasteiger partial charge in [0.15, 0.2) is 11.5 Å². The van der Waals surface area contributed by atoms with Crippen LogP contribution in [0.15, 0.2) is 51.4 Å². The average Bonchev–Trinajstić information content (AvgIpc) is 3.31. The highest BCUT2D eigenvalue weighted by atomic mass is 32.1. The maximum atomic E-state index is 12.6. The summed E-state index contributed by atoms with van der Waals surface area (Å²) in [5.74, 6) is 0.533. The summed E-state index contributed by atoms with van der Waals surface area (Å²) in [6.07, 6.45) is 3.28. The largest absolute Gasteiger partial charge is 0.355 e. The van der Waals surface area contributed by atoms with Crippen LogP contribution in [0.25, 0.3) is 21.5 Å². The fourth-order valence-electron chi connectivity index (χ4n) is 2.51. The van der Waals surface area contributed by atoms with Gasteiger partial charge in [-0.25, -0.2) is 4.98 Å². The summed E-state index contributed by atoms with van der Waals surface area (Å²) in [5, 5.41) is 5.64. The number of rotatable bonds is 4. The number of pyridine rings is 1. The molecule has 0 fully saturated rings. The van der Waals surface area contributed by atoms with E-state index in [4.69, 9.17) is 4.52 Å². The van der Waals surface area contributed by atoms with Crippen LogP contribution in [0.4, 0.5) is 0 Å². The molecule has 0 atom stereocenters. The normalized spacial score (nSPS) is 11.0. The summed E-state index contributed by atoms with van der Waals surface area (Å²) >= 11 is 1.33. The number of nitrogens with zero attached hydrogens (tertiary/aromatic N) is 4. The molecule has 0 bridgehead atoms. The van der Waals surface area contributed by atoms with E-state index in [9.17, 15) is 9.59 Å². The van der Waals surface area contributed by atoms with E-state index in [0.29, 0.717) is 21.8 Å². The highest BCUT2D eigenvalue weighted by Crippen LogP contribution is 2.20. The van der Waals surface area contributed by atoms with Gasteiger partial charge >= 0.3 is 0 Å². The van der Waals surface area contributed by atoms with Crippen molar-refractivity contribution in [2.75, 3.05) is 7.05 Å². The first kappa shape index (κ1) is 16.2. The van der Waals surface area contributed by atoms with Crippen molar-refractivity contribution < 1.29 is 9.32 Å². The van der Waals surface area contributed by atoms with Gasteiger partial charge in [0.1, 0.15) is 10.5 Å². The molecule has 0 aliphatic rings. The Balaban J connectivity index is 1.54. The molecule has 1 N–H and O–H groups in total. The van der Waals surface area contributed by atoms with Gasteiger partial charge in [-0.05, 0) is 23.6 Å². The molecule has 4 aromatic rings. The first-order valence-corrected chi connectivity index (χ1v) is 8.59. The van der Waals surface area contributed by atoms with Gasteiger partial charge in [0, 0.05) is 31.1 Å². The number of H-pyrrole nitrogens is 1. The Morgan fingerprint density at radius 2 is 2.27 bits per heavy atom. The van der Waals surface area contributed by atoms with Crippen LogP contribution < -0.4 is 5.56 Å². The van der Waals surface area contributed by atoms with Crippen molar-refractivity contribution in [3.8, 4) is 11.3 Å². The van der Waals surface area contributed by atoms with E-state index in [1.165, 1.54) is 16.2 Å². The lowest BCUT2D eigenvalue weighted by atomic mass is 10.2. The average molecular weight is 367 g/mol.